The molecular weight excluding hydrogens is 230 g/mol. The summed E-state index contributed by atoms with van der Waals surface area (Å²) in [6.45, 7) is 0.914. The quantitative estimate of drug-likeness (QED) is 0.696. The lowest BCUT2D eigenvalue weighted by Gasteiger charge is -2.29. The second-order valence-corrected chi connectivity index (χ2v) is 5.92. The van der Waals surface area contributed by atoms with E-state index in [0.29, 0.717) is 11.9 Å². The molecular formula is C14H13NOS. The van der Waals surface area contributed by atoms with Crippen LogP contribution in [0.25, 0.3) is 10.1 Å². The minimum Gasteiger partial charge on any atom is -0.334 e. The number of nitrogens with zero attached hydrogens (tertiary/aromatic N) is 1. The Morgan fingerprint density at radius 3 is 3.06 bits per heavy atom. The highest BCUT2D eigenvalue weighted by Gasteiger charge is 2.37. The second-order valence-electron chi connectivity index (χ2n) is 4.83. The third-order valence-corrected chi connectivity index (χ3v) is 5.28. The summed E-state index contributed by atoms with van der Waals surface area (Å²) < 4.78 is 1.37. The lowest BCUT2D eigenvalue weighted by atomic mass is 9.99. The number of benzene rings is 1. The monoisotopic (exact) mass is 243 g/mol. The van der Waals surface area contributed by atoms with Gasteiger partial charge in [-0.2, -0.15) is 0 Å². The summed E-state index contributed by atoms with van der Waals surface area (Å²) in [6, 6.07) is 9.00. The number of thiophene rings is 1. The van der Waals surface area contributed by atoms with Crippen molar-refractivity contribution < 1.29 is 4.79 Å². The van der Waals surface area contributed by atoms with E-state index in [0.717, 1.165) is 25.8 Å². The summed E-state index contributed by atoms with van der Waals surface area (Å²) in [4.78, 5) is 15.3. The zero-order valence-corrected chi connectivity index (χ0v) is 10.3. The van der Waals surface area contributed by atoms with Gasteiger partial charge in [0.05, 0.1) is 6.04 Å². The van der Waals surface area contributed by atoms with Crippen molar-refractivity contribution in [1.29, 1.82) is 0 Å². The summed E-state index contributed by atoms with van der Waals surface area (Å²) >= 11 is 1.88. The third kappa shape index (κ3) is 1.23. The minimum atomic E-state index is 0.345. The van der Waals surface area contributed by atoms with Crippen LogP contribution in [0.3, 0.4) is 0 Å². The van der Waals surface area contributed by atoms with Gasteiger partial charge in [0.2, 0.25) is 5.91 Å². The fourth-order valence-corrected chi connectivity index (χ4v) is 4.56. The van der Waals surface area contributed by atoms with Gasteiger partial charge in [-0.3, -0.25) is 4.79 Å². The molecule has 2 aliphatic rings. The summed E-state index contributed by atoms with van der Waals surface area (Å²) in [5, 5.41) is 1.41. The summed E-state index contributed by atoms with van der Waals surface area (Å²) in [5.74, 6) is 0.345. The molecule has 1 aromatic heterocycles. The first-order chi connectivity index (χ1) is 8.34. The van der Waals surface area contributed by atoms with Crippen LogP contribution in [-0.4, -0.2) is 17.4 Å². The van der Waals surface area contributed by atoms with Gasteiger partial charge in [0.1, 0.15) is 0 Å². The zero-order valence-electron chi connectivity index (χ0n) is 9.48. The molecule has 0 radical (unpaired) electrons. The Morgan fingerprint density at radius 2 is 2.12 bits per heavy atom. The minimum absolute atomic E-state index is 0.345. The van der Waals surface area contributed by atoms with E-state index in [1.54, 1.807) is 0 Å². The number of carbonyl (C=O) groups is 1. The summed E-state index contributed by atoms with van der Waals surface area (Å²) in [5.41, 5.74) is 1.50. The van der Waals surface area contributed by atoms with Gasteiger partial charge in [0.25, 0.3) is 0 Å². The van der Waals surface area contributed by atoms with Gasteiger partial charge in [-0.25, -0.2) is 0 Å². The first kappa shape index (κ1) is 9.66. The van der Waals surface area contributed by atoms with Gasteiger partial charge in [0.15, 0.2) is 0 Å². The van der Waals surface area contributed by atoms with Crippen LogP contribution in [0.15, 0.2) is 24.3 Å². The molecule has 2 aromatic rings. The molecule has 3 heterocycles. The van der Waals surface area contributed by atoms with E-state index in [-0.39, 0.29) is 0 Å². The van der Waals surface area contributed by atoms with Crippen LogP contribution < -0.4 is 0 Å². The molecule has 17 heavy (non-hydrogen) atoms. The number of hydrogen-bond donors (Lipinski definition) is 0. The SMILES string of the molecule is O=C1CCC2c3sc4ccccc4c3CCN12. The van der Waals surface area contributed by atoms with Crippen molar-refractivity contribution in [3.05, 3.63) is 34.7 Å². The molecule has 0 spiro atoms. The van der Waals surface area contributed by atoms with Gasteiger partial charge >= 0.3 is 0 Å². The van der Waals surface area contributed by atoms with Crippen molar-refractivity contribution in [3.63, 3.8) is 0 Å². The smallest absolute Gasteiger partial charge is 0.223 e. The first-order valence-electron chi connectivity index (χ1n) is 6.14. The molecule has 2 aliphatic heterocycles. The Hall–Kier alpha value is -1.35. The molecule has 0 saturated carbocycles. The third-order valence-electron chi connectivity index (χ3n) is 3.96. The predicted octanol–water partition coefficient (Wildman–Crippen LogP) is 3.12. The molecule has 1 fully saturated rings. The fraction of sp³-hybridized carbons (Fsp3) is 0.357. The van der Waals surface area contributed by atoms with Crippen molar-refractivity contribution in [3.8, 4) is 0 Å². The van der Waals surface area contributed by atoms with Crippen molar-refractivity contribution >= 4 is 27.3 Å². The Morgan fingerprint density at radius 1 is 1.24 bits per heavy atom. The number of rotatable bonds is 0. The van der Waals surface area contributed by atoms with Crippen LogP contribution >= 0.6 is 11.3 Å². The number of fused-ring (bicyclic) bond motifs is 5. The maximum atomic E-state index is 11.8. The molecule has 86 valence electrons. The predicted molar refractivity (Wildman–Crippen MR) is 69.2 cm³/mol. The van der Waals surface area contributed by atoms with Crippen LogP contribution in [0.2, 0.25) is 0 Å². The number of amides is 1. The van der Waals surface area contributed by atoms with E-state index in [9.17, 15) is 4.79 Å². The zero-order chi connectivity index (χ0) is 11.4. The molecule has 4 rings (SSSR count). The molecule has 1 unspecified atom stereocenters. The molecule has 0 N–H and O–H groups in total. The van der Waals surface area contributed by atoms with Gasteiger partial charge in [0, 0.05) is 22.5 Å². The van der Waals surface area contributed by atoms with E-state index in [1.807, 2.05) is 11.3 Å². The van der Waals surface area contributed by atoms with Gasteiger partial charge in [-0.1, -0.05) is 18.2 Å². The Kier molecular flexibility index (Phi) is 1.89. The first-order valence-corrected chi connectivity index (χ1v) is 6.96. The van der Waals surface area contributed by atoms with Crippen molar-refractivity contribution in [1.82, 2.24) is 4.90 Å². The van der Waals surface area contributed by atoms with E-state index in [4.69, 9.17) is 0 Å². The standard InChI is InChI=1S/C14H13NOS/c16-13-6-5-11-14-10(7-8-15(11)13)9-3-1-2-4-12(9)17-14/h1-4,11H,5-8H2. The maximum Gasteiger partial charge on any atom is 0.223 e. The summed E-state index contributed by atoms with van der Waals surface area (Å²) in [6.07, 6.45) is 2.78. The van der Waals surface area contributed by atoms with E-state index in [1.165, 1.54) is 20.5 Å². The summed E-state index contributed by atoms with van der Waals surface area (Å²) in [7, 11) is 0. The molecule has 1 atom stereocenters. The molecule has 0 bridgehead atoms. The topological polar surface area (TPSA) is 20.3 Å². The lowest BCUT2D eigenvalue weighted by Crippen LogP contribution is -2.33. The molecule has 3 heteroatoms. The molecule has 1 saturated heterocycles. The molecule has 1 amide bonds. The second kappa shape index (κ2) is 3.33. The van der Waals surface area contributed by atoms with Crippen LogP contribution in [0, 0.1) is 0 Å². The van der Waals surface area contributed by atoms with Crippen molar-refractivity contribution in [2.45, 2.75) is 25.3 Å². The van der Waals surface area contributed by atoms with Gasteiger partial charge in [-0.05, 0) is 29.9 Å². The average molecular weight is 243 g/mol. The number of hydrogen-bond acceptors (Lipinski definition) is 2. The Bertz CT molecular complexity index is 616. The van der Waals surface area contributed by atoms with Gasteiger partial charge < -0.3 is 4.90 Å². The fourth-order valence-electron chi connectivity index (χ4n) is 3.16. The van der Waals surface area contributed by atoms with Gasteiger partial charge in [-0.15, -0.1) is 11.3 Å². The van der Waals surface area contributed by atoms with E-state index < -0.39 is 0 Å². The normalized spacial score (nSPS) is 22.9. The Labute approximate surface area is 104 Å². The lowest BCUT2D eigenvalue weighted by molar-refractivity contribution is -0.129. The molecule has 0 aliphatic carbocycles. The highest BCUT2D eigenvalue weighted by molar-refractivity contribution is 7.19. The highest BCUT2D eigenvalue weighted by atomic mass is 32.1. The van der Waals surface area contributed by atoms with Crippen molar-refractivity contribution in [2.24, 2.45) is 0 Å². The van der Waals surface area contributed by atoms with Crippen molar-refractivity contribution in [2.75, 3.05) is 6.54 Å². The molecule has 2 nitrogen and oxygen atoms in total. The average Bonchev–Trinajstić information content (AvgIpc) is 2.90. The highest BCUT2D eigenvalue weighted by Crippen LogP contribution is 2.45. The van der Waals surface area contributed by atoms with E-state index in [2.05, 4.69) is 29.2 Å². The molecule has 1 aromatic carbocycles. The van der Waals surface area contributed by atoms with Crippen LogP contribution in [0.1, 0.15) is 29.3 Å². The van der Waals surface area contributed by atoms with Crippen LogP contribution in [0.4, 0.5) is 0 Å². The van der Waals surface area contributed by atoms with Crippen LogP contribution in [0.5, 0.6) is 0 Å². The number of carbonyl (C=O) groups excluding carboxylic acids is 1. The van der Waals surface area contributed by atoms with E-state index >= 15 is 0 Å². The maximum absolute atomic E-state index is 11.8. The largest absolute Gasteiger partial charge is 0.334 e. The Balaban J connectivity index is 1.94. The van der Waals surface area contributed by atoms with Crippen LogP contribution in [-0.2, 0) is 11.2 Å².